The Bertz CT molecular complexity index is 263. The number of amides is 2. The standard InChI is InChI=1S/C6H6N2O3/c7-6(10)8-3-4-1-2-11-5(4)9/h1-2H2,(H2,7,10). The van der Waals surface area contributed by atoms with Crippen molar-refractivity contribution in [2.24, 2.45) is 10.7 Å². The Hall–Kier alpha value is -1.61. The number of carbonyl (C=O) groups is 2. The Kier molecular flexibility index (Phi) is 2.03. The number of nitrogens with zero attached hydrogens (tertiary/aromatic N) is 1. The first-order chi connectivity index (χ1) is 5.20. The molecule has 0 saturated carbocycles. The van der Waals surface area contributed by atoms with Crippen molar-refractivity contribution in [2.45, 2.75) is 6.42 Å². The lowest BCUT2D eigenvalue weighted by Gasteiger charge is -1.82. The number of cyclic esters (lactones) is 1. The maximum atomic E-state index is 10.7. The van der Waals surface area contributed by atoms with E-state index in [1.807, 2.05) is 0 Å². The highest BCUT2D eigenvalue weighted by atomic mass is 16.5. The molecule has 1 heterocycles. The molecule has 11 heavy (non-hydrogen) atoms. The molecule has 0 radical (unpaired) electrons. The fraction of sp³-hybridized carbons (Fsp3) is 0.333. The molecule has 0 atom stereocenters. The Morgan fingerprint density at radius 2 is 2.45 bits per heavy atom. The zero-order valence-corrected chi connectivity index (χ0v) is 5.66. The van der Waals surface area contributed by atoms with E-state index in [9.17, 15) is 9.59 Å². The minimum Gasteiger partial charge on any atom is -0.461 e. The predicted molar refractivity (Wildman–Crippen MR) is 36.1 cm³/mol. The monoisotopic (exact) mass is 154 g/mol. The van der Waals surface area contributed by atoms with Gasteiger partial charge >= 0.3 is 12.0 Å². The topological polar surface area (TPSA) is 81.8 Å². The molecule has 0 bridgehead atoms. The number of nitrogens with two attached hydrogens (primary N) is 1. The van der Waals surface area contributed by atoms with Crippen LogP contribution < -0.4 is 5.73 Å². The van der Waals surface area contributed by atoms with Crippen LogP contribution in [-0.4, -0.2) is 24.5 Å². The van der Waals surface area contributed by atoms with Crippen molar-refractivity contribution in [2.75, 3.05) is 6.61 Å². The molecule has 0 aliphatic carbocycles. The molecule has 5 heteroatoms. The van der Waals surface area contributed by atoms with Crippen LogP contribution >= 0.6 is 0 Å². The highest BCUT2D eigenvalue weighted by Crippen LogP contribution is 2.08. The number of hydrogen-bond donors (Lipinski definition) is 1. The first-order valence-electron chi connectivity index (χ1n) is 2.99. The highest BCUT2D eigenvalue weighted by molar-refractivity contribution is 6.01. The fourth-order valence-corrected chi connectivity index (χ4v) is 0.659. The Balaban J connectivity index is 2.80. The number of hydrogen-bond acceptors (Lipinski definition) is 3. The molecule has 5 nitrogen and oxygen atoms in total. The summed E-state index contributed by atoms with van der Waals surface area (Å²) >= 11 is 0. The zero-order valence-electron chi connectivity index (χ0n) is 5.66. The van der Waals surface area contributed by atoms with E-state index in [0.29, 0.717) is 13.0 Å². The van der Waals surface area contributed by atoms with Crippen molar-refractivity contribution < 1.29 is 14.3 Å². The molecule has 1 fully saturated rings. The average molecular weight is 154 g/mol. The van der Waals surface area contributed by atoms with Crippen molar-refractivity contribution >= 4 is 17.9 Å². The van der Waals surface area contributed by atoms with Crippen molar-refractivity contribution in [3.8, 4) is 0 Å². The van der Waals surface area contributed by atoms with Crippen LogP contribution in [0.3, 0.4) is 0 Å². The number of urea groups is 1. The summed E-state index contributed by atoms with van der Waals surface area (Å²) in [5.41, 5.74) is 4.95. The molecule has 1 saturated heterocycles. The summed E-state index contributed by atoms with van der Waals surface area (Å²) in [6.45, 7) is 0.329. The number of ether oxygens (including phenoxy) is 1. The third-order valence-electron chi connectivity index (χ3n) is 1.13. The van der Waals surface area contributed by atoms with Gasteiger partial charge in [-0.25, -0.2) is 9.59 Å². The number of primary amides is 1. The van der Waals surface area contributed by atoms with Gasteiger partial charge in [-0.05, 0) is 0 Å². The van der Waals surface area contributed by atoms with Gasteiger partial charge in [-0.3, -0.25) is 0 Å². The third-order valence-corrected chi connectivity index (χ3v) is 1.13. The molecule has 0 aromatic rings. The average Bonchev–Trinajstić information content (AvgIpc) is 2.31. The normalized spacial score (nSPS) is 15.6. The molecule has 1 aliphatic heterocycles. The van der Waals surface area contributed by atoms with Crippen molar-refractivity contribution in [3.05, 3.63) is 5.57 Å². The van der Waals surface area contributed by atoms with Gasteiger partial charge in [-0.2, -0.15) is 0 Å². The minimum atomic E-state index is -0.864. The quantitative estimate of drug-likeness (QED) is 0.293. The van der Waals surface area contributed by atoms with Crippen LogP contribution in [-0.2, 0) is 9.53 Å². The van der Waals surface area contributed by atoms with E-state index in [2.05, 4.69) is 21.3 Å². The van der Waals surface area contributed by atoms with E-state index in [1.165, 1.54) is 0 Å². The van der Waals surface area contributed by atoms with Crippen LogP contribution in [0.5, 0.6) is 0 Å². The van der Waals surface area contributed by atoms with Gasteiger partial charge < -0.3 is 10.5 Å². The first-order valence-corrected chi connectivity index (χ1v) is 2.99. The SMILES string of the molecule is NC(=O)N=C=C1CCOC1=O. The molecule has 0 unspecified atom stereocenters. The van der Waals surface area contributed by atoms with E-state index in [-0.39, 0.29) is 5.57 Å². The number of aliphatic imine (C=N–C) groups is 1. The van der Waals surface area contributed by atoms with Crippen molar-refractivity contribution in [1.29, 1.82) is 0 Å². The highest BCUT2D eigenvalue weighted by Gasteiger charge is 2.18. The number of esters is 1. The maximum absolute atomic E-state index is 10.7. The summed E-state index contributed by atoms with van der Waals surface area (Å²) in [7, 11) is 0. The van der Waals surface area contributed by atoms with Gasteiger partial charge in [0.25, 0.3) is 0 Å². The van der Waals surface area contributed by atoms with Crippen LogP contribution in [0.15, 0.2) is 10.6 Å². The second-order valence-corrected chi connectivity index (χ2v) is 1.93. The minimum absolute atomic E-state index is 0.267. The molecule has 2 amide bonds. The Labute approximate surface area is 62.5 Å². The maximum Gasteiger partial charge on any atom is 0.346 e. The smallest absolute Gasteiger partial charge is 0.346 e. The fourth-order valence-electron chi connectivity index (χ4n) is 0.659. The van der Waals surface area contributed by atoms with Gasteiger partial charge in [0, 0.05) is 12.3 Å². The van der Waals surface area contributed by atoms with Crippen LogP contribution in [0.1, 0.15) is 6.42 Å². The molecular formula is C6H6N2O3. The molecule has 1 rings (SSSR count). The lowest BCUT2D eigenvalue weighted by molar-refractivity contribution is -0.134. The van der Waals surface area contributed by atoms with Gasteiger partial charge in [0.2, 0.25) is 0 Å². The van der Waals surface area contributed by atoms with Crippen LogP contribution in [0.2, 0.25) is 0 Å². The van der Waals surface area contributed by atoms with Crippen molar-refractivity contribution in [3.63, 3.8) is 0 Å². The predicted octanol–water partition coefficient (Wildman–Crippen LogP) is -0.392. The van der Waals surface area contributed by atoms with Crippen LogP contribution in [0.4, 0.5) is 4.79 Å². The van der Waals surface area contributed by atoms with E-state index in [4.69, 9.17) is 0 Å². The summed E-state index contributed by atoms with van der Waals surface area (Å²) in [4.78, 5) is 23.9. The Morgan fingerprint density at radius 3 is 2.91 bits per heavy atom. The molecule has 0 aromatic carbocycles. The van der Waals surface area contributed by atoms with Crippen molar-refractivity contribution in [1.82, 2.24) is 0 Å². The van der Waals surface area contributed by atoms with E-state index >= 15 is 0 Å². The first kappa shape index (κ1) is 7.50. The number of rotatable bonds is 0. The third kappa shape index (κ3) is 1.91. The Morgan fingerprint density at radius 1 is 1.73 bits per heavy atom. The summed E-state index contributed by atoms with van der Waals surface area (Å²) in [6, 6.07) is -0.864. The second-order valence-electron chi connectivity index (χ2n) is 1.93. The largest absolute Gasteiger partial charge is 0.461 e. The lowest BCUT2D eigenvalue weighted by Crippen LogP contribution is -2.03. The molecule has 2 N–H and O–H groups in total. The van der Waals surface area contributed by atoms with Gasteiger partial charge in [-0.1, -0.05) is 0 Å². The van der Waals surface area contributed by atoms with Gasteiger partial charge in [0.1, 0.15) is 5.57 Å². The van der Waals surface area contributed by atoms with Gasteiger partial charge in [0.05, 0.1) is 6.61 Å². The molecular weight excluding hydrogens is 148 g/mol. The summed E-state index contributed by atoms with van der Waals surface area (Å²) in [6.07, 6.45) is 0.440. The van der Waals surface area contributed by atoms with Gasteiger partial charge in [0.15, 0.2) is 0 Å². The van der Waals surface area contributed by atoms with Crippen LogP contribution in [0, 0.1) is 0 Å². The van der Waals surface area contributed by atoms with Gasteiger partial charge in [-0.15, -0.1) is 4.99 Å². The lowest BCUT2D eigenvalue weighted by atomic mass is 10.3. The zero-order chi connectivity index (χ0) is 8.27. The summed E-state index contributed by atoms with van der Waals surface area (Å²) in [5.74, 6) is 1.75. The number of carbonyl (C=O) groups excluding carboxylic acids is 2. The second kappa shape index (κ2) is 2.98. The summed E-state index contributed by atoms with van der Waals surface area (Å²) in [5, 5.41) is 0. The molecule has 0 spiro atoms. The molecule has 58 valence electrons. The molecule has 0 aromatic heterocycles. The van der Waals surface area contributed by atoms with E-state index in [1.54, 1.807) is 0 Å². The van der Waals surface area contributed by atoms with E-state index < -0.39 is 12.0 Å². The summed E-state index contributed by atoms with van der Waals surface area (Å²) < 4.78 is 4.55. The van der Waals surface area contributed by atoms with E-state index in [0.717, 1.165) is 0 Å². The van der Waals surface area contributed by atoms with Crippen LogP contribution in [0.25, 0.3) is 0 Å². The molecule has 1 aliphatic rings.